The first kappa shape index (κ1) is 10.1. The zero-order valence-corrected chi connectivity index (χ0v) is 7.82. The number of nitrogens with two attached hydrogens (primary N) is 1. The Morgan fingerprint density at radius 1 is 1.62 bits per heavy atom. The molecule has 74 valence electrons. The van der Waals surface area contributed by atoms with Crippen LogP contribution in [0.2, 0.25) is 0 Å². The van der Waals surface area contributed by atoms with Crippen LogP contribution in [0.25, 0.3) is 0 Å². The summed E-state index contributed by atoms with van der Waals surface area (Å²) < 4.78 is 0. The number of aromatic nitrogens is 3. The van der Waals surface area contributed by atoms with Crippen LogP contribution in [0, 0.1) is 0 Å². The molecule has 0 saturated heterocycles. The van der Waals surface area contributed by atoms with E-state index in [4.69, 9.17) is 5.73 Å². The second-order valence-corrected chi connectivity index (χ2v) is 2.98. The zero-order valence-electron chi connectivity index (χ0n) is 7.82. The molecule has 0 spiro atoms. The second-order valence-electron chi connectivity index (χ2n) is 2.98. The summed E-state index contributed by atoms with van der Waals surface area (Å²) in [5, 5.41) is 16.2. The van der Waals surface area contributed by atoms with Gasteiger partial charge in [-0.15, -0.1) is 0 Å². The molecule has 0 aliphatic heterocycles. The molecule has 1 rings (SSSR count). The van der Waals surface area contributed by atoms with E-state index in [1.54, 1.807) is 0 Å². The van der Waals surface area contributed by atoms with E-state index in [9.17, 15) is 5.11 Å². The number of nitrogens with one attached hydrogen (secondary N) is 1. The van der Waals surface area contributed by atoms with E-state index < -0.39 is 6.10 Å². The minimum Gasteiger partial charge on any atom is -0.385 e. The number of nitrogens with zero attached hydrogens (tertiary/aromatic N) is 2. The molecule has 13 heavy (non-hydrogen) atoms. The fourth-order valence-electron chi connectivity index (χ4n) is 1.09. The normalized spacial score (nSPS) is 13.2. The van der Waals surface area contributed by atoms with Gasteiger partial charge < -0.3 is 10.8 Å². The van der Waals surface area contributed by atoms with E-state index in [2.05, 4.69) is 22.1 Å². The maximum absolute atomic E-state index is 9.48. The molecule has 0 saturated carbocycles. The van der Waals surface area contributed by atoms with E-state index >= 15 is 0 Å². The van der Waals surface area contributed by atoms with Crippen molar-refractivity contribution in [3.8, 4) is 0 Å². The van der Waals surface area contributed by atoms with Gasteiger partial charge in [0, 0.05) is 6.42 Å². The van der Waals surface area contributed by atoms with Crippen LogP contribution in [0.3, 0.4) is 0 Å². The quantitative estimate of drug-likeness (QED) is 0.607. The Balaban J connectivity index is 2.56. The summed E-state index contributed by atoms with van der Waals surface area (Å²) in [5.74, 6) is 1.28. The fraction of sp³-hybridized carbons (Fsp3) is 0.750. The lowest BCUT2D eigenvalue weighted by Gasteiger charge is -2.02. The third-order valence-electron chi connectivity index (χ3n) is 1.77. The monoisotopic (exact) mass is 184 g/mol. The summed E-state index contributed by atoms with van der Waals surface area (Å²) in [7, 11) is 0. The van der Waals surface area contributed by atoms with Crippen LogP contribution in [-0.2, 0) is 6.42 Å². The molecule has 5 nitrogen and oxygen atoms in total. The topological polar surface area (TPSA) is 87.8 Å². The van der Waals surface area contributed by atoms with Gasteiger partial charge in [0.2, 0.25) is 0 Å². The summed E-state index contributed by atoms with van der Waals surface area (Å²) in [6.07, 6.45) is 1.75. The Morgan fingerprint density at radius 2 is 2.38 bits per heavy atom. The van der Waals surface area contributed by atoms with Gasteiger partial charge in [0.1, 0.15) is 11.9 Å². The molecule has 5 heteroatoms. The van der Waals surface area contributed by atoms with Gasteiger partial charge in [-0.05, 0) is 19.4 Å². The largest absolute Gasteiger partial charge is 0.385 e. The van der Waals surface area contributed by atoms with Crippen molar-refractivity contribution in [2.45, 2.75) is 32.3 Å². The molecule has 0 bridgehead atoms. The van der Waals surface area contributed by atoms with E-state index in [0.717, 1.165) is 18.7 Å². The highest BCUT2D eigenvalue weighted by Gasteiger charge is 2.11. The van der Waals surface area contributed by atoms with E-state index in [-0.39, 0.29) is 0 Å². The molecule has 0 aliphatic rings. The zero-order chi connectivity index (χ0) is 9.68. The Bertz CT molecular complexity index is 248. The van der Waals surface area contributed by atoms with Gasteiger partial charge in [0.15, 0.2) is 5.82 Å². The predicted octanol–water partition coefficient (Wildman–Crippen LogP) is 0.139. The standard InChI is InChI=1S/C8H16N4O/c1-2-3-7-10-8(12-11-7)6(13)4-5-9/h6,13H,2-5,9H2,1H3,(H,10,11,12)/t6-/m0/s1. The van der Waals surface area contributed by atoms with Gasteiger partial charge in [0.05, 0.1) is 0 Å². The average Bonchev–Trinajstić information content (AvgIpc) is 2.54. The summed E-state index contributed by atoms with van der Waals surface area (Å²) in [6.45, 7) is 2.51. The number of aliphatic hydroxyl groups is 1. The highest BCUT2D eigenvalue weighted by molar-refractivity contribution is 4.93. The summed E-state index contributed by atoms with van der Waals surface area (Å²) in [5.41, 5.74) is 5.31. The lowest BCUT2D eigenvalue weighted by molar-refractivity contribution is 0.161. The van der Waals surface area contributed by atoms with Crippen LogP contribution in [0.15, 0.2) is 0 Å². The number of aromatic amines is 1. The van der Waals surface area contributed by atoms with E-state index in [1.807, 2.05) is 0 Å². The van der Waals surface area contributed by atoms with Crippen LogP contribution < -0.4 is 5.73 Å². The molecular formula is C8H16N4O. The molecule has 0 radical (unpaired) electrons. The van der Waals surface area contributed by atoms with Crippen LogP contribution in [0.1, 0.15) is 37.5 Å². The predicted molar refractivity (Wildman–Crippen MR) is 49.0 cm³/mol. The van der Waals surface area contributed by atoms with Crippen molar-refractivity contribution >= 4 is 0 Å². The first-order chi connectivity index (χ1) is 6.27. The van der Waals surface area contributed by atoms with Crippen molar-refractivity contribution in [3.05, 3.63) is 11.6 Å². The first-order valence-corrected chi connectivity index (χ1v) is 4.57. The number of hydrogen-bond acceptors (Lipinski definition) is 4. The molecule has 0 unspecified atom stereocenters. The Labute approximate surface area is 77.4 Å². The SMILES string of the molecule is CCCc1nc([C@@H](O)CCN)n[nH]1. The summed E-state index contributed by atoms with van der Waals surface area (Å²) in [6, 6.07) is 0. The Hall–Kier alpha value is -0.940. The molecule has 4 N–H and O–H groups in total. The molecule has 0 amide bonds. The Kier molecular flexibility index (Phi) is 3.85. The molecule has 1 atom stereocenters. The molecule has 1 heterocycles. The highest BCUT2D eigenvalue weighted by Crippen LogP contribution is 2.10. The molecular weight excluding hydrogens is 168 g/mol. The van der Waals surface area contributed by atoms with Crippen molar-refractivity contribution in [1.82, 2.24) is 15.2 Å². The van der Waals surface area contributed by atoms with Crippen molar-refractivity contribution in [3.63, 3.8) is 0 Å². The minimum atomic E-state index is -0.633. The third kappa shape index (κ3) is 2.78. The Morgan fingerprint density at radius 3 is 3.00 bits per heavy atom. The van der Waals surface area contributed by atoms with Crippen LogP contribution in [-0.4, -0.2) is 26.8 Å². The minimum absolute atomic E-state index is 0.443. The number of rotatable bonds is 5. The number of H-pyrrole nitrogens is 1. The maximum atomic E-state index is 9.48. The van der Waals surface area contributed by atoms with E-state index in [0.29, 0.717) is 18.8 Å². The van der Waals surface area contributed by atoms with Gasteiger partial charge in [-0.3, -0.25) is 5.10 Å². The number of hydrogen-bond donors (Lipinski definition) is 3. The van der Waals surface area contributed by atoms with Crippen molar-refractivity contribution in [1.29, 1.82) is 0 Å². The first-order valence-electron chi connectivity index (χ1n) is 4.57. The van der Waals surface area contributed by atoms with Crippen LogP contribution in [0.4, 0.5) is 0 Å². The average molecular weight is 184 g/mol. The van der Waals surface area contributed by atoms with Crippen molar-refractivity contribution in [2.24, 2.45) is 5.73 Å². The second kappa shape index (κ2) is 4.94. The summed E-state index contributed by atoms with van der Waals surface area (Å²) >= 11 is 0. The van der Waals surface area contributed by atoms with Gasteiger partial charge in [-0.25, -0.2) is 4.98 Å². The van der Waals surface area contributed by atoms with Gasteiger partial charge in [-0.2, -0.15) is 5.10 Å². The van der Waals surface area contributed by atoms with Crippen LogP contribution in [0.5, 0.6) is 0 Å². The van der Waals surface area contributed by atoms with Crippen molar-refractivity contribution in [2.75, 3.05) is 6.54 Å². The smallest absolute Gasteiger partial charge is 0.179 e. The molecule has 0 aliphatic carbocycles. The highest BCUT2D eigenvalue weighted by atomic mass is 16.3. The van der Waals surface area contributed by atoms with E-state index in [1.165, 1.54) is 0 Å². The fourth-order valence-corrected chi connectivity index (χ4v) is 1.09. The lowest BCUT2D eigenvalue weighted by Crippen LogP contribution is -2.08. The molecule has 1 aromatic heterocycles. The number of aliphatic hydroxyl groups excluding tert-OH is 1. The third-order valence-corrected chi connectivity index (χ3v) is 1.77. The number of aryl methyl sites for hydroxylation is 1. The molecule has 0 fully saturated rings. The van der Waals surface area contributed by atoms with Gasteiger partial charge in [0.25, 0.3) is 0 Å². The maximum Gasteiger partial charge on any atom is 0.179 e. The van der Waals surface area contributed by atoms with Crippen LogP contribution >= 0.6 is 0 Å². The van der Waals surface area contributed by atoms with Crippen molar-refractivity contribution < 1.29 is 5.11 Å². The van der Waals surface area contributed by atoms with Gasteiger partial charge in [-0.1, -0.05) is 6.92 Å². The molecule has 1 aromatic rings. The molecule has 0 aromatic carbocycles. The lowest BCUT2D eigenvalue weighted by atomic mass is 10.2. The van der Waals surface area contributed by atoms with Gasteiger partial charge >= 0.3 is 0 Å². The summed E-state index contributed by atoms with van der Waals surface area (Å²) in [4.78, 5) is 4.15.